The molecular formula is C17H27N3O4S. The lowest BCUT2D eigenvalue weighted by Gasteiger charge is -2.33. The fourth-order valence-corrected chi connectivity index (χ4v) is 4.24. The van der Waals surface area contributed by atoms with Crippen LogP contribution in [-0.4, -0.2) is 70.0 Å². The zero-order chi connectivity index (χ0) is 18.3. The summed E-state index contributed by atoms with van der Waals surface area (Å²) >= 11 is 0. The Kier molecular flexibility index (Phi) is 7.37. The number of carbonyl (C=O) groups is 1. The highest BCUT2D eigenvalue weighted by atomic mass is 32.2. The number of nitrogens with one attached hydrogen (secondary N) is 1. The van der Waals surface area contributed by atoms with Crippen LogP contribution in [0.2, 0.25) is 0 Å². The highest BCUT2D eigenvalue weighted by molar-refractivity contribution is 7.89. The average molecular weight is 369 g/mol. The van der Waals surface area contributed by atoms with Crippen LogP contribution in [0.3, 0.4) is 0 Å². The van der Waals surface area contributed by atoms with E-state index in [2.05, 4.69) is 17.1 Å². The molecule has 1 amide bonds. The second-order valence-electron chi connectivity index (χ2n) is 6.01. The number of rotatable bonds is 8. The summed E-state index contributed by atoms with van der Waals surface area (Å²) in [5, 5.41) is 2.75. The number of amides is 1. The van der Waals surface area contributed by atoms with Gasteiger partial charge in [0.25, 0.3) is 0 Å². The zero-order valence-electron chi connectivity index (χ0n) is 14.9. The molecule has 0 aromatic heterocycles. The highest BCUT2D eigenvalue weighted by Gasteiger charge is 2.28. The van der Waals surface area contributed by atoms with Crippen molar-refractivity contribution in [1.82, 2.24) is 9.21 Å². The van der Waals surface area contributed by atoms with Crippen molar-refractivity contribution < 1.29 is 17.9 Å². The van der Waals surface area contributed by atoms with Crippen LogP contribution in [0.15, 0.2) is 29.2 Å². The summed E-state index contributed by atoms with van der Waals surface area (Å²) < 4.78 is 32.1. The number of anilines is 1. The molecule has 25 heavy (non-hydrogen) atoms. The lowest BCUT2D eigenvalue weighted by atomic mass is 10.2. The monoisotopic (exact) mass is 369 g/mol. The van der Waals surface area contributed by atoms with E-state index in [-0.39, 0.29) is 10.8 Å². The van der Waals surface area contributed by atoms with Gasteiger partial charge in [-0.2, -0.15) is 4.31 Å². The smallest absolute Gasteiger partial charge is 0.243 e. The van der Waals surface area contributed by atoms with Gasteiger partial charge in [0.05, 0.1) is 4.90 Å². The van der Waals surface area contributed by atoms with Crippen molar-refractivity contribution >= 4 is 21.6 Å². The zero-order valence-corrected chi connectivity index (χ0v) is 15.7. The van der Waals surface area contributed by atoms with Crippen molar-refractivity contribution in [2.45, 2.75) is 24.7 Å². The Bertz CT molecular complexity index is 670. The van der Waals surface area contributed by atoms with Crippen LogP contribution in [0.5, 0.6) is 0 Å². The van der Waals surface area contributed by atoms with E-state index in [0.717, 1.165) is 19.6 Å². The molecule has 1 aliphatic heterocycles. The molecule has 1 aromatic carbocycles. The van der Waals surface area contributed by atoms with Crippen molar-refractivity contribution in [3.8, 4) is 0 Å². The first-order valence-corrected chi connectivity index (χ1v) is 10.0. The van der Waals surface area contributed by atoms with Gasteiger partial charge in [0.2, 0.25) is 15.9 Å². The number of nitrogens with zero attached hydrogens (tertiary/aromatic N) is 2. The van der Waals surface area contributed by atoms with Gasteiger partial charge in [0.15, 0.2) is 0 Å². The first-order valence-electron chi connectivity index (χ1n) is 8.58. The molecule has 1 N–H and O–H groups in total. The number of carbonyl (C=O) groups excluding carboxylic acids is 1. The molecule has 140 valence electrons. The molecule has 0 bridgehead atoms. The van der Waals surface area contributed by atoms with Gasteiger partial charge in [-0.05, 0) is 31.2 Å². The van der Waals surface area contributed by atoms with Gasteiger partial charge in [-0.15, -0.1) is 0 Å². The molecule has 0 saturated carbocycles. The van der Waals surface area contributed by atoms with E-state index >= 15 is 0 Å². The summed E-state index contributed by atoms with van der Waals surface area (Å²) in [4.78, 5) is 14.3. The van der Waals surface area contributed by atoms with E-state index in [9.17, 15) is 13.2 Å². The van der Waals surface area contributed by atoms with Gasteiger partial charge < -0.3 is 15.0 Å². The van der Waals surface area contributed by atoms with Crippen LogP contribution >= 0.6 is 0 Å². The van der Waals surface area contributed by atoms with Gasteiger partial charge in [0.1, 0.15) is 0 Å². The quantitative estimate of drug-likeness (QED) is 0.701. The van der Waals surface area contributed by atoms with Gasteiger partial charge in [-0.3, -0.25) is 4.79 Å². The van der Waals surface area contributed by atoms with Gasteiger partial charge in [0, 0.05) is 52.0 Å². The summed E-state index contributed by atoms with van der Waals surface area (Å²) in [6.07, 6.45) is 0.964. The number of hydrogen-bond acceptors (Lipinski definition) is 5. The maximum Gasteiger partial charge on any atom is 0.243 e. The van der Waals surface area contributed by atoms with E-state index in [1.807, 2.05) is 0 Å². The van der Waals surface area contributed by atoms with Crippen LogP contribution in [0.1, 0.15) is 19.8 Å². The predicted molar refractivity (Wildman–Crippen MR) is 97.1 cm³/mol. The molecule has 1 saturated heterocycles. The van der Waals surface area contributed by atoms with Crippen LogP contribution < -0.4 is 5.32 Å². The minimum Gasteiger partial charge on any atom is -0.385 e. The second-order valence-corrected chi connectivity index (χ2v) is 7.95. The highest BCUT2D eigenvalue weighted by Crippen LogP contribution is 2.21. The fourth-order valence-electron chi connectivity index (χ4n) is 2.77. The topological polar surface area (TPSA) is 79.0 Å². The Morgan fingerprint density at radius 3 is 2.60 bits per heavy atom. The second kappa shape index (κ2) is 9.28. The fraction of sp³-hybridized carbons (Fsp3) is 0.588. The van der Waals surface area contributed by atoms with E-state index in [1.54, 1.807) is 25.3 Å². The molecule has 1 heterocycles. The molecule has 8 heteroatoms. The predicted octanol–water partition coefficient (Wildman–Crippen LogP) is 1.38. The van der Waals surface area contributed by atoms with Gasteiger partial charge in [-0.25, -0.2) is 8.42 Å². The molecule has 0 atom stereocenters. The van der Waals surface area contributed by atoms with Crippen LogP contribution in [0, 0.1) is 0 Å². The molecule has 1 aliphatic rings. The molecule has 1 fully saturated rings. The normalized spacial score (nSPS) is 16.7. The molecule has 1 aromatic rings. The van der Waals surface area contributed by atoms with Gasteiger partial charge >= 0.3 is 0 Å². The summed E-state index contributed by atoms with van der Waals surface area (Å²) in [5.74, 6) is -0.150. The molecule has 0 unspecified atom stereocenters. The Labute approximate surface area is 150 Å². The summed E-state index contributed by atoms with van der Waals surface area (Å²) in [6.45, 7) is 5.98. The molecular weight excluding hydrogens is 342 g/mol. The van der Waals surface area contributed by atoms with Crippen molar-refractivity contribution in [1.29, 1.82) is 0 Å². The van der Waals surface area contributed by atoms with Crippen molar-refractivity contribution in [2.24, 2.45) is 0 Å². The lowest BCUT2D eigenvalue weighted by molar-refractivity contribution is -0.116. The number of benzene rings is 1. The number of hydrogen-bond donors (Lipinski definition) is 1. The van der Waals surface area contributed by atoms with Crippen molar-refractivity contribution in [2.75, 3.05) is 51.8 Å². The molecule has 0 radical (unpaired) electrons. The average Bonchev–Trinajstić information content (AvgIpc) is 2.62. The Hall–Kier alpha value is -1.48. The van der Waals surface area contributed by atoms with E-state index in [4.69, 9.17) is 4.74 Å². The Balaban J connectivity index is 2.03. The molecule has 7 nitrogen and oxygen atoms in total. The largest absolute Gasteiger partial charge is 0.385 e. The van der Waals surface area contributed by atoms with Crippen molar-refractivity contribution in [3.63, 3.8) is 0 Å². The van der Waals surface area contributed by atoms with Crippen LogP contribution in [0.4, 0.5) is 5.69 Å². The summed E-state index contributed by atoms with van der Waals surface area (Å²) in [7, 11) is -1.95. The summed E-state index contributed by atoms with van der Waals surface area (Å²) in [6, 6.07) is 6.44. The number of likely N-dealkylation sites (N-methyl/N-ethyl adjacent to an activating group) is 1. The van der Waals surface area contributed by atoms with E-state index in [1.165, 1.54) is 10.4 Å². The maximum atomic E-state index is 12.8. The third-order valence-corrected chi connectivity index (χ3v) is 6.18. The number of ether oxygens (including phenoxy) is 1. The molecule has 0 spiro atoms. The lowest BCUT2D eigenvalue weighted by Crippen LogP contribution is -2.48. The van der Waals surface area contributed by atoms with E-state index in [0.29, 0.717) is 38.2 Å². The number of piperazine rings is 1. The minimum absolute atomic E-state index is 0.150. The maximum absolute atomic E-state index is 12.8. The van der Waals surface area contributed by atoms with Crippen LogP contribution in [0.25, 0.3) is 0 Å². The van der Waals surface area contributed by atoms with Gasteiger partial charge in [-0.1, -0.05) is 13.0 Å². The van der Waals surface area contributed by atoms with Crippen LogP contribution in [-0.2, 0) is 19.6 Å². The number of sulfonamides is 1. The molecule has 2 rings (SSSR count). The third kappa shape index (κ3) is 5.50. The minimum atomic E-state index is -3.54. The molecule has 0 aliphatic carbocycles. The summed E-state index contributed by atoms with van der Waals surface area (Å²) in [5.41, 5.74) is 0.496. The third-order valence-electron chi connectivity index (χ3n) is 4.29. The Morgan fingerprint density at radius 2 is 1.96 bits per heavy atom. The Morgan fingerprint density at radius 1 is 1.24 bits per heavy atom. The van der Waals surface area contributed by atoms with Crippen molar-refractivity contribution in [3.05, 3.63) is 24.3 Å². The van der Waals surface area contributed by atoms with E-state index < -0.39 is 10.0 Å². The first-order chi connectivity index (χ1) is 12.0. The first kappa shape index (κ1) is 19.8. The SMILES string of the molecule is CCN1CCN(S(=O)(=O)c2cccc(NC(=O)CCCOC)c2)CC1. The standard InChI is InChI=1S/C17H27N3O4S/c1-3-19-9-11-20(12-10-19)25(22,23)16-7-4-6-15(14-16)18-17(21)8-5-13-24-2/h4,6-7,14H,3,5,8-13H2,1-2H3,(H,18,21). The number of methoxy groups -OCH3 is 1.